The lowest BCUT2D eigenvalue weighted by molar-refractivity contribution is -0.0971. The highest BCUT2D eigenvalue weighted by Gasteiger charge is 2.16. The van der Waals surface area contributed by atoms with Gasteiger partial charge in [0, 0.05) is 5.70 Å². The van der Waals surface area contributed by atoms with Gasteiger partial charge in [-0.3, -0.25) is 10.3 Å². The highest BCUT2D eigenvalue weighted by molar-refractivity contribution is 4.80. The van der Waals surface area contributed by atoms with Crippen LogP contribution in [0.1, 0.15) is 20.8 Å². The lowest BCUT2D eigenvalue weighted by Crippen LogP contribution is -2.34. The zero-order chi connectivity index (χ0) is 8.20. The van der Waals surface area contributed by atoms with Gasteiger partial charge in [0.2, 0.25) is 0 Å². The number of hydroxylamine groups is 1. The molecule has 2 N–H and O–H groups in total. The third-order valence-electron chi connectivity index (χ3n) is 0.882. The van der Waals surface area contributed by atoms with Gasteiger partial charge in [0.05, 0.1) is 6.61 Å². The van der Waals surface area contributed by atoms with Crippen molar-refractivity contribution in [1.82, 2.24) is 5.48 Å². The molecule has 0 amide bonds. The van der Waals surface area contributed by atoms with Crippen molar-refractivity contribution in [3.05, 3.63) is 12.3 Å². The first-order valence-electron chi connectivity index (χ1n) is 3.18. The Morgan fingerprint density at radius 2 is 2.20 bits per heavy atom. The second kappa shape index (κ2) is 3.58. The van der Waals surface area contributed by atoms with E-state index in [1.165, 1.54) is 0 Å². The van der Waals surface area contributed by atoms with Crippen molar-refractivity contribution in [3.8, 4) is 0 Å². The summed E-state index contributed by atoms with van der Waals surface area (Å²) < 4.78 is 0. The van der Waals surface area contributed by atoms with Crippen molar-refractivity contribution in [1.29, 1.82) is 0 Å². The number of hydrogen-bond acceptors (Lipinski definition) is 3. The van der Waals surface area contributed by atoms with Crippen LogP contribution in [-0.4, -0.2) is 17.3 Å². The number of nitrogens with one attached hydrogen (secondary N) is 1. The van der Waals surface area contributed by atoms with E-state index in [0.29, 0.717) is 0 Å². The fraction of sp³-hybridized carbons (Fsp3) is 0.714. The first-order valence-corrected chi connectivity index (χ1v) is 3.18. The highest BCUT2D eigenvalue weighted by atomic mass is 16.7. The molecule has 0 saturated carbocycles. The van der Waals surface area contributed by atoms with Crippen LogP contribution in [0.15, 0.2) is 12.3 Å². The van der Waals surface area contributed by atoms with Crippen molar-refractivity contribution in [2.45, 2.75) is 26.4 Å². The number of rotatable bonds is 4. The molecule has 0 bridgehead atoms. The average Bonchev–Trinajstić information content (AvgIpc) is 1.85. The largest absolute Gasteiger partial charge is 0.393 e. The number of aliphatic hydroxyl groups excluding tert-OH is 1. The summed E-state index contributed by atoms with van der Waals surface area (Å²) in [5, 5.41) is 8.71. The molecule has 0 radical (unpaired) electrons. The third kappa shape index (κ3) is 4.35. The first kappa shape index (κ1) is 9.46. The molecule has 0 heterocycles. The Bertz CT molecular complexity index is 121. The van der Waals surface area contributed by atoms with E-state index in [4.69, 9.17) is 9.94 Å². The molecule has 0 unspecified atom stereocenters. The van der Waals surface area contributed by atoms with E-state index >= 15 is 0 Å². The van der Waals surface area contributed by atoms with Crippen molar-refractivity contribution in [3.63, 3.8) is 0 Å². The molecule has 3 nitrogen and oxygen atoms in total. The topological polar surface area (TPSA) is 41.5 Å². The third-order valence-corrected chi connectivity index (χ3v) is 0.882. The fourth-order valence-electron chi connectivity index (χ4n) is 0.258. The molecule has 3 heteroatoms. The van der Waals surface area contributed by atoms with E-state index in [0.717, 1.165) is 5.70 Å². The SMILES string of the molecule is C=C(C)NOC(C)(C)CO. The van der Waals surface area contributed by atoms with Crippen LogP contribution in [0.2, 0.25) is 0 Å². The Hall–Kier alpha value is -0.540. The maximum Gasteiger partial charge on any atom is 0.113 e. The Balaban J connectivity index is 3.56. The van der Waals surface area contributed by atoms with Gasteiger partial charge in [0.15, 0.2) is 0 Å². The fourth-order valence-corrected chi connectivity index (χ4v) is 0.258. The van der Waals surface area contributed by atoms with E-state index in [9.17, 15) is 0 Å². The van der Waals surface area contributed by atoms with E-state index in [2.05, 4.69) is 12.1 Å². The molecular formula is C7H15NO2. The van der Waals surface area contributed by atoms with Gasteiger partial charge >= 0.3 is 0 Å². The lowest BCUT2D eigenvalue weighted by atomic mass is 10.2. The molecule has 0 aliphatic rings. The van der Waals surface area contributed by atoms with Crippen LogP contribution < -0.4 is 5.48 Å². The Kier molecular flexibility index (Phi) is 3.39. The number of hydrogen-bond donors (Lipinski definition) is 2. The molecule has 0 saturated heterocycles. The second-order valence-electron chi connectivity index (χ2n) is 2.90. The first-order chi connectivity index (χ1) is 4.48. The normalized spacial score (nSPS) is 11.2. The minimum atomic E-state index is -0.543. The highest BCUT2D eigenvalue weighted by Crippen LogP contribution is 2.04. The summed E-state index contributed by atoms with van der Waals surface area (Å²) in [5.41, 5.74) is 2.76. The summed E-state index contributed by atoms with van der Waals surface area (Å²) in [6, 6.07) is 0. The summed E-state index contributed by atoms with van der Waals surface area (Å²) in [4.78, 5) is 5.04. The number of allylic oxidation sites excluding steroid dienone is 1. The van der Waals surface area contributed by atoms with Gasteiger partial charge in [0.25, 0.3) is 0 Å². The molecule has 0 fully saturated rings. The average molecular weight is 145 g/mol. The van der Waals surface area contributed by atoms with Crippen LogP contribution in [0, 0.1) is 0 Å². The molecule has 0 aliphatic heterocycles. The van der Waals surface area contributed by atoms with Gasteiger partial charge in [-0.05, 0) is 20.8 Å². The van der Waals surface area contributed by atoms with Gasteiger partial charge in [-0.15, -0.1) is 0 Å². The zero-order valence-electron chi connectivity index (χ0n) is 6.77. The van der Waals surface area contributed by atoms with Gasteiger partial charge in [-0.1, -0.05) is 6.58 Å². The molecule has 10 heavy (non-hydrogen) atoms. The summed E-state index contributed by atoms with van der Waals surface area (Å²) in [6.07, 6.45) is 0. The molecule has 60 valence electrons. The quantitative estimate of drug-likeness (QED) is 0.575. The lowest BCUT2D eigenvalue weighted by Gasteiger charge is -2.22. The maximum absolute atomic E-state index is 8.71. The van der Waals surface area contributed by atoms with Gasteiger partial charge in [0.1, 0.15) is 5.60 Å². The van der Waals surface area contributed by atoms with Crippen LogP contribution in [-0.2, 0) is 4.84 Å². The summed E-state index contributed by atoms with van der Waals surface area (Å²) in [6.45, 7) is 8.90. The summed E-state index contributed by atoms with van der Waals surface area (Å²) in [7, 11) is 0. The van der Waals surface area contributed by atoms with Crippen molar-refractivity contribution in [2.24, 2.45) is 0 Å². The monoisotopic (exact) mass is 145 g/mol. The predicted octanol–water partition coefficient (Wildman–Crippen LogP) is 0.812. The molecule has 0 aromatic carbocycles. The standard InChI is InChI=1S/C7H15NO2/c1-6(2)8-10-7(3,4)5-9/h8-9H,1,5H2,2-4H3. The minimum Gasteiger partial charge on any atom is -0.393 e. The van der Waals surface area contributed by atoms with Gasteiger partial charge in [-0.2, -0.15) is 0 Å². The second-order valence-corrected chi connectivity index (χ2v) is 2.90. The molecule has 0 aromatic rings. The van der Waals surface area contributed by atoms with E-state index in [1.807, 2.05) is 0 Å². The van der Waals surface area contributed by atoms with Crippen molar-refractivity contribution >= 4 is 0 Å². The Labute approximate surface area is 61.7 Å². The van der Waals surface area contributed by atoms with E-state index in [-0.39, 0.29) is 6.61 Å². The van der Waals surface area contributed by atoms with Crippen LogP contribution in [0.3, 0.4) is 0 Å². The Morgan fingerprint density at radius 1 is 1.70 bits per heavy atom. The smallest absolute Gasteiger partial charge is 0.113 e. The van der Waals surface area contributed by atoms with E-state index < -0.39 is 5.60 Å². The molecule has 0 rings (SSSR count). The van der Waals surface area contributed by atoms with Crippen LogP contribution in [0.25, 0.3) is 0 Å². The molecule has 0 atom stereocenters. The summed E-state index contributed by atoms with van der Waals surface area (Å²) >= 11 is 0. The maximum atomic E-state index is 8.71. The molecular weight excluding hydrogens is 130 g/mol. The van der Waals surface area contributed by atoms with Crippen LogP contribution >= 0.6 is 0 Å². The van der Waals surface area contributed by atoms with Gasteiger partial charge in [-0.25, -0.2) is 0 Å². The summed E-state index contributed by atoms with van der Waals surface area (Å²) in [5.74, 6) is 0. The number of aliphatic hydroxyl groups is 1. The Morgan fingerprint density at radius 3 is 2.50 bits per heavy atom. The zero-order valence-corrected chi connectivity index (χ0v) is 6.77. The van der Waals surface area contributed by atoms with E-state index in [1.54, 1.807) is 20.8 Å². The predicted molar refractivity (Wildman–Crippen MR) is 40.2 cm³/mol. The molecule has 0 aliphatic carbocycles. The molecule has 0 aromatic heterocycles. The van der Waals surface area contributed by atoms with Gasteiger partial charge < -0.3 is 5.11 Å². The molecule has 0 spiro atoms. The van der Waals surface area contributed by atoms with Crippen molar-refractivity contribution in [2.75, 3.05) is 6.61 Å². The van der Waals surface area contributed by atoms with Crippen LogP contribution in [0.5, 0.6) is 0 Å². The minimum absolute atomic E-state index is 0.0206. The van der Waals surface area contributed by atoms with Crippen molar-refractivity contribution < 1.29 is 9.94 Å². The van der Waals surface area contributed by atoms with Crippen LogP contribution in [0.4, 0.5) is 0 Å².